The van der Waals surface area contributed by atoms with Gasteiger partial charge in [0.1, 0.15) is 12.4 Å². The molecule has 0 unspecified atom stereocenters. The predicted molar refractivity (Wildman–Crippen MR) is 79.4 cm³/mol. The molecule has 0 fully saturated rings. The third kappa shape index (κ3) is 4.79. The first-order valence-corrected chi connectivity index (χ1v) is 6.79. The summed E-state index contributed by atoms with van der Waals surface area (Å²) >= 11 is 0. The highest BCUT2D eigenvalue weighted by molar-refractivity contribution is 5.87. The van der Waals surface area contributed by atoms with Gasteiger partial charge in [0.15, 0.2) is 5.82 Å². The zero-order valence-corrected chi connectivity index (χ0v) is 12.1. The summed E-state index contributed by atoms with van der Waals surface area (Å²) in [6.45, 7) is 4.77. The second-order valence-corrected chi connectivity index (χ2v) is 4.72. The molecule has 1 aromatic carbocycles. The van der Waals surface area contributed by atoms with Gasteiger partial charge in [0.25, 0.3) is 0 Å². The van der Waals surface area contributed by atoms with Gasteiger partial charge in [0, 0.05) is 6.04 Å². The molecule has 21 heavy (non-hydrogen) atoms. The van der Waals surface area contributed by atoms with Crippen LogP contribution in [0.5, 0.6) is 5.75 Å². The first kappa shape index (κ1) is 14.8. The molecule has 0 bridgehead atoms. The van der Waals surface area contributed by atoms with E-state index >= 15 is 0 Å². The van der Waals surface area contributed by atoms with Crippen LogP contribution in [0.2, 0.25) is 0 Å². The Balaban J connectivity index is 1.67. The molecular weight excluding hydrogens is 270 g/mol. The number of urea groups is 1. The van der Waals surface area contributed by atoms with Gasteiger partial charge in [-0.2, -0.15) is 0 Å². The van der Waals surface area contributed by atoms with Gasteiger partial charge < -0.3 is 10.1 Å². The van der Waals surface area contributed by atoms with Crippen LogP contribution in [-0.2, 0) is 0 Å². The Hall–Kier alpha value is -2.57. The van der Waals surface area contributed by atoms with Crippen molar-refractivity contribution in [3.8, 4) is 5.75 Å². The number of ether oxygens (including phenoxy) is 1. The van der Waals surface area contributed by atoms with Crippen LogP contribution in [0.1, 0.15) is 19.9 Å². The molecule has 0 aliphatic carbocycles. The van der Waals surface area contributed by atoms with Crippen LogP contribution in [0.15, 0.2) is 36.5 Å². The minimum absolute atomic E-state index is 0.204. The van der Waals surface area contributed by atoms with E-state index in [1.165, 1.54) is 0 Å². The van der Waals surface area contributed by atoms with E-state index in [0.29, 0.717) is 19.0 Å². The summed E-state index contributed by atoms with van der Waals surface area (Å²) < 4.78 is 7.14. The first-order chi connectivity index (χ1) is 10.1. The van der Waals surface area contributed by atoms with Gasteiger partial charge >= 0.3 is 6.03 Å². The van der Waals surface area contributed by atoms with Gasteiger partial charge in [-0.25, -0.2) is 9.48 Å². The number of aromatic nitrogens is 3. The summed E-state index contributed by atoms with van der Waals surface area (Å²) in [7, 11) is 0. The minimum atomic E-state index is -0.331. The number of rotatable bonds is 6. The topological polar surface area (TPSA) is 81.1 Å². The lowest BCUT2D eigenvalue weighted by molar-refractivity contribution is 0.247. The number of anilines is 1. The molecular formula is C14H19N5O2. The number of para-hydroxylation sites is 1. The van der Waals surface area contributed by atoms with Gasteiger partial charge in [0.2, 0.25) is 0 Å². The number of carbonyl (C=O) groups excluding carboxylic acids is 1. The van der Waals surface area contributed by atoms with Gasteiger partial charge in [-0.05, 0) is 26.0 Å². The van der Waals surface area contributed by atoms with Crippen molar-refractivity contribution in [2.24, 2.45) is 0 Å². The average molecular weight is 289 g/mol. The molecule has 2 rings (SSSR count). The molecule has 2 N–H and O–H groups in total. The number of hydrogen-bond acceptors (Lipinski definition) is 4. The number of benzene rings is 1. The van der Waals surface area contributed by atoms with E-state index in [0.717, 1.165) is 5.75 Å². The van der Waals surface area contributed by atoms with E-state index in [-0.39, 0.29) is 12.1 Å². The summed E-state index contributed by atoms with van der Waals surface area (Å²) in [5.74, 6) is 1.20. The Kier molecular flexibility index (Phi) is 5.14. The quantitative estimate of drug-likeness (QED) is 0.798. The lowest BCUT2D eigenvalue weighted by atomic mass is 10.3. The Bertz CT molecular complexity index is 568. The molecule has 0 saturated carbocycles. The zero-order valence-electron chi connectivity index (χ0n) is 12.1. The lowest BCUT2D eigenvalue weighted by Crippen LogP contribution is -2.32. The highest BCUT2D eigenvalue weighted by Gasteiger charge is 2.06. The maximum atomic E-state index is 11.6. The van der Waals surface area contributed by atoms with Gasteiger partial charge in [-0.3, -0.25) is 5.32 Å². The fourth-order valence-electron chi connectivity index (χ4n) is 1.60. The third-order valence-electron chi connectivity index (χ3n) is 2.68. The van der Waals surface area contributed by atoms with E-state index < -0.39 is 0 Å². The molecule has 112 valence electrons. The molecule has 0 aliphatic heterocycles. The summed E-state index contributed by atoms with van der Waals surface area (Å²) in [5, 5.41) is 13.1. The van der Waals surface area contributed by atoms with E-state index in [2.05, 4.69) is 20.9 Å². The van der Waals surface area contributed by atoms with E-state index in [4.69, 9.17) is 4.74 Å². The Morgan fingerprint density at radius 1 is 1.33 bits per heavy atom. The van der Waals surface area contributed by atoms with Crippen LogP contribution in [-0.4, -0.2) is 34.2 Å². The number of nitrogens with zero attached hydrogens (tertiary/aromatic N) is 3. The van der Waals surface area contributed by atoms with Crippen molar-refractivity contribution in [2.75, 3.05) is 18.5 Å². The van der Waals surface area contributed by atoms with Crippen molar-refractivity contribution < 1.29 is 9.53 Å². The number of amides is 2. The fraction of sp³-hybridized carbons (Fsp3) is 0.357. The van der Waals surface area contributed by atoms with E-state index in [1.54, 1.807) is 10.9 Å². The Labute approximate surface area is 123 Å². The first-order valence-electron chi connectivity index (χ1n) is 6.79. The maximum Gasteiger partial charge on any atom is 0.320 e. The molecule has 2 amide bonds. The van der Waals surface area contributed by atoms with Gasteiger partial charge in [0.05, 0.1) is 12.7 Å². The smallest absolute Gasteiger partial charge is 0.320 e. The largest absolute Gasteiger partial charge is 0.492 e. The summed E-state index contributed by atoms with van der Waals surface area (Å²) in [4.78, 5) is 11.6. The second kappa shape index (κ2) is 7.28. The molecule has 1 aromatic heterocycles. The predicted octanol–water partition coefficient (Wildman–Crippen LogP) is 2.06. The lowest BCUT2D eigenvalue weighted by Gasteiger charge is -2.07. The molecule has 2 aromatic rings. The van der Waals surface area contributed by atoms with Crippen LogP contribution in [0.4, 0.5) is 10.6 Å². The monoisotopic (exact) mass is 289 g/mol. The van der Waals surface area contributed by atoms with Crippen molar-refractivity contribution in [2.45, 2.75) is 19.9 Å². The molecule has 0 saturated heterocycles. The van der Waals surface area contributed by atoms with E-state index in [1.807, 2.05) is 44.2 Å². The molecule has 1 heterocycles. The average Bonchev–Trinajstić information content (AvgIpc) is 2.93. The molecule has 0 atom stereocenters. The molecule has 0 radical (unpaired) electrons. The van der Waals surface area contributed by atoms with Crippen molar-refractivity contribution in [3.05, 3.63) is 36.5 Å². The van der Waals surface area contributed by atoms with Crippen LogP contribution < -0.4 is 15.4 Å². The maximum absolute atomic E-state index is 11.6. The molecule has 7 heteroatoms. The minimum Gasteiger partial charge on any atom is -0.492 e. The Morgan fingerprint density at radius 2 is 2.10 bits per heavy atom. The number of hydrogen-bond donors (Lipinski definition) is 2. The van der Waals surface area contributed by atoms with Crippen LogP contribution in [0, 0.1) is 0 Å². The van der Waals surface area contributed by atoms with E-state index in [9.17, 15) is 4.79 Å². The van der Waals surface area contributed by atoms with Crippen molar-refractivity contribution in [3.63, 3.8) is 0 Å². The summed E-state index contributed by atoms with van der Waals surface area (Å²) in [5.41, 5.74) is 0. The van der Waals surface area contributed by atoms with Gasteiger partial charge in [-0.1, -0.05) is 23.4 Å². The second-order valence-electron chi connectivity index (χ2n) is 4.72. The number of nitrogens with one attached hydrogen (secondary N) is 2. The SMILES string of the molecule is CC(C)n1cc(NC(=O)NCCOc2ccccc2)nn1. The molecule has 0 aliphatic rings. The Morgan fingerprint density at radius 3 is 2.76 bits per heavy atom. The summed E-state index contributed by atoms with van der Waals surface area (Å²) in [6.07, 6.45) is 1.69. The highest BCUT2D eigenvalue weighted by Crippen LogP contribution is 2.07. The fourth-order valence-corrected chi connectivity index (χ4v) is 1.60. The van der Waals surface area contributed by atoms with Crippen molar-refractivity contribution in [1.29, 1.82) is 0 Å². The van der Waals surface area contributed by atoms with Crippen molar-refractivity contribution in [1.82, 2.24) is 20.3 Å². The summed E-state index contributed by atoms with van der Waals surface area (Å²) in [6, 6.07) is 9.32. The number of carbonyl (C=O) groups is 1. The van der Waals surface area contributed by atoms with Crippen molar-refractivity contribution >= 4 is 11.8 Å². The standard InChI is InChI=1S/C14H19N5O2/c1-11(2)19-10-13(17-18-19)16-14(20)15-8-9-21-12-6-4-3-5-7-12/h3-7,10-11H,8-9H2,1-2H3,(H2,15,16,20). The van der Waals surface area contributed by atoms with Gasteiger partial charge in [-0.15, -0.1) is 5.10 Å². The molecule has 0 spiro atoms. The zero-order chi connectivity index (χ0) is 15.1. The molecule has 7 nitrogen and oxygen atoms in total. The van der Waals surface area contributed by atoms with Crippen LogP contribution in [0.3, 0.4) is 0 Å². The van der Waals surface area contributed by atoms with Crippen LogP contribution in [0.25, 0.3) is 0 Å². The third-order valence-corrected chi connectivity index (χ3v) is 2.68. The normalized spacial score (nSPS) is 10.4. The van der Waals surface area contributed by atoms with Crippen LogP contribution >= 0.6 is 0 Å². The highest BCUT2D eigenvalue weighted by atomic mass is 16.5.